The van der Waals surface area contributed by atoms with Gasteiger partial charge in [-0.25, -0.2) is 4.79 Å². The lowest BCUT2D eigenvalue weighted by Crippen LogP contribution is -2.20. The number of hydrogen-bond acceptors (Lipinski definition) is 6. The monoisotopic (exact) mass is 494 g/mol. The van der Waals surface area contributed by atoms with E-state index in [-0.39, 0.29) is 11.8 Å². The van der Waals surface area contributed by atoms with Crippen LogP contribution in [0.3, 0.4) is 0 Å². The summed E-state index contributed by atoms with van der Waals surface area (Å²) in [7, 11) is 1.37. The van der Waals surface area contributed by atoms with Gasteiger partial charge in [-0.15, -0.1) is 23.1 Å². The minimum Gasteiger partial charge on any atom is -0.465 e. The van der Waals surface area contributed by atoms with Gasteiger partial charge in [-0.1, -0.05) is 36.4 Å². The number of fused-ring (bicyclic) bond motifs is 1. The third kappa shape index (κ3) is 5.51. The van der Waals surface area contributed by atoms with E-state index < -0.39 is 11.2 Å². The van der Waals surface area contributed by atoms with E-state index in [0.717, 1.165) is 46.6 Å². The summed E-state index contributed by atoms with van der Waals surface area (Å²) < 4.78 is 5.05. The summed E-state index contributed by atoms with van der Waals surface area (Å²) in [6.45, 7) is 1.46. The number of hydrogen-bond donors (Lipinski definition) is 2. The molecule has 2 amide bonds. The van der Waals surface area contributed by atoms with Crippen molar-refractivity contribution in [3.8, 4) is 0 Å². The third-order valence-corrected chi connectivity index (χ3v) is 8.00. The second-order valence-corrected chi connectivity index (χ2v) is 10.3. The van der Waals surface area contributed by atoms with E-state index in [1.165, 1.54) is 37.1 Å². The second kappa shape index (κ2) is 10.9. The van der Waals surface area contributed by atoms with Gasteiger partial charge < -0.3 is 15.4 Å². The van der Waals surface area contributed by atoms with Crippen molar-refractivity contribution in [2.75, 3.05) is 17.7 Å². The van der Waals surface area contributed by atoms with Crippen LogP contribution in [0.15, 0.2) is 59.5 Å². The van der Waals surface area contributed by atoms with E-state index in [1.807, 2.05) is 54.6 Å². The average molecular weight is 495 g/mol. The molecule has 2 N–H and O–H groups in total. The molecule has 0 bridgehead atoms. The molecular weight excluding hydrogens is 468 g/mol. The van der Waals surface area contributed by atoms with Gasteiger partial charge in [0.25, 0.3) is 0 Å². The Hall–Kier alpha value is -3.10. The molecule has 8 heteroatoms. The quantitative estimate of drug-likeness (QED) is 0.318. The molecule has 1 atom stereocenters. The van der Waals surface area contributed by atoms with Crippen LogP contribution >= 0.6 is 23.1 Å². The Morgan fingerprint density at radius 2 is 1.76 bits per heavy atom. The smallest absolute Gasteiger partial charge is 0.341 e. The fourth-order valence-corrected chi connectivity index (χ4v) is 6.40. The summed E-state index contributed by atoms with van der Waals surface area (Å²) in [5, 5.41) is 5.81. The highest BCUT2D eigenvalue weighted by Gasteiger charge is 2.29. The largest absolute Gasteiger partial charge is 0.465 e. The van der Waals surface area contributed by atoms with Crippen LogP contribution in [0.2, 0.25) is 0 Å². The summed E-state index contributed by atoms with van der Waals surface area (Å²) in [4.78, 5) is 39.7. The SMILES string of the molecule is COC(=O)c1c(NC(=O)C(Sc2cccc(NC(C)=O)c2)c2ccccc2)sc2c1CCCC2. The van der Waals surface area contributed by atoms with Crippen molar-refractivity contribution in [3.05, 3.63) is 76.2 Å². The van der Waals surface area contributed by atoms with Crippen molar-refractivity contribution in [1.29, 1.82) is 0 Å². The number of carbonyl (C=O) groups is 3. The van der Waals surface area contributed by atoms with E-state index >= 15 is 0 Å². The number of anilines is 2. The van der Waals surface area contributed by atoms with Crippen LogP contribution < -0.4 is 10.6 Å². The Kier molecular flexibility index (Phi) is 7.70. The van der Waals surface area contributed by atoms with Crippen LogP contribution in [0.5, 0.6) is 0 Å². The number of aryl methyl sites for hydroxylation is 1. The van der Waals surface area contributed by atoms with Gasteiger partial charge in [0.1, 0.15) is 10.3 Å². The first-order valence-corrected chi connectivity index (χ1v) is 12.8. The third-order valence-electron chi connectivity index (χ3n) is 5.55. The molecule has 4 rings (SSSR count). The molecular formula is C26H26N2O4S2. The zero-order valence-electron chi connectivity index (χ0n) is 19.1. The van der Waals surface area contributed by atoms with Crippen molar-refractivity contribution in [2.24, 2.45) is 0 Å². The minimum absolute atomic E-state index is 0.156. The molecule has 0 radical (unpaired) electrons. The van der Waals surface area contributed by atoms with E-state index in [0.29, 0.717) is 16.3 Å². The van der Waals surface area contributed by atoms with Crippen molar-refractivity contribution < 1.29 is 19.1 Å². The van der Waals surface area contributed by atoms with Gasteiger partial charge in [-0.2, -0.15) is 0 Å². The molecule has 1 aliphatic carbocycles. The first-order valence-electron chi connectivity index (χ1n) is 11.1. The van der Waals surface area contributed by atoms with Crippen LogP contribution in [-0.2, 0) is 27.2 Å². The zero-order valence-corrected chi connectivity index (χ0v) is 20.7. The second-order valence-electron chi connectivity index (χ2n) is 8.01. The first kappa shape index (κ1) is 24.0. The van der Waals surface area contributed by atoms with Crippen LogP contribution in [0.4, 0.5) is 10.7 Å². The predicted octanol–water partition coefficient (Wildman–Crippen LogP) is 5.84. The summed E-state index contributed by atoms with van der Waals surface area (Å²) in [6.07, 6.45) is 3.83. The lowest BCUT2D eigenvalue weighted by atomic mass is 9.95. The molecule has 34 heavy (non-hydrogen) atoms. The molecule has 1 heterocycles. The molecule has 1 unspecified atom stereocenters. The molecule has 6 nitrogen and oxygen atoms in total. The number of thioether (sulfide) groups is 1. The van der Waals surface area contributed by atoms with Crippen molar-refractivity contribution >= 4 is 51.6 Å². The van der Waals surface area contributed by atoms with Gasteiger partial charge in [0, 0.05) is 22.4 Å². The fourth-order valence-electron chi connectivity index (χ4n) is 4.04. The highest BCUT2D eigenvalue weighted by atomic mass is 32.2. The van der Waals surface area contributed by atoms with Crippen LogP contribution in [-0.4, -0.2) is 24.9 Å². The maximum atomic E-state index is 13.6. The Bertz CT molecular complexity index is 1210. The maximum absolute atomic E-state index is 13.6. The average Bonchev–Trinajstić information content (AvgIpc) is 3.20. The van der Waals surface area contributed by atoms with Gasteiger partial charge in [-0.05, 0) is 55.0 Å². The number of nitrogens with one attached hydrogen (secondary N) is 2. The van der Waals surface area contributed by atoms with Gasteiger partial charge in [0.05, 0.1) is 12.7 Å². The molecule has 1 aliphatic rings. The van der Waals surface area contributed by atoms with Crippen molar-refractivity contribution in [1.82, 2.24) is 0 Å². The number of amides is 2. The molecule has 3 aromatic rings. The van der Waals surface area contributed by atoms with Crippen molar-refractivity contribution in [2.45, 2.75) is 42.8 Å². The van der Waals surface area contributed by atoms with E-state index in [1.54, 1.807) is 0 Å². The summed E-state index contributed by atoms with van der Waals surface area (Å²) >= 11 is 2.86. The summed E-state index contributed by atoms with van der Waals surface area (Å²) in [5.74, 6) is -0.789. The van der Waals surface area contributed by atoms with Crippen molar-refractivity contribution in [3.63, 3.8) is 0 Å². The van der Waals surface area contributed by atoms with Gasteiger partial charge >= 0.3 is 5.97 Å². The lowest BCUT2D eigenvalue weighted by Gasteiger charge is -2.18. The van der Waals surface area contributed by atoms with Gasteiger partial charge in [0.15, 0.2) is 0 Å². The van der Waals surface area contributed by atoms with E-state index in [9.17, 15) is 14.4 Å². The molecule has 1 aromatic heterocycles. The molecule has 0 spiro atoms. The molecule has 0 aliphatic heterocycles. The number of benzene rings is 2. The summed E-state index contributed by atoms with van der Waals surface area (Å²) in [5.41, 5.74) is 3.00. The Morgan fingerprint density at radius 1 is 1.00 bits per heavy atom. The zero-order chi connectivity index (χ0) is 24.1. The Morgan fingerprint density at radius 3 is 2.50 bits per heavy atom. The molecule has 176 valence electrons. The van der Waals surface area contributed by atoms with Crippen LogP contribution in [0, 0.1) is 0 Å². The topological polar surface area (TPSA) is 84.5 Å². The minimum atomic E-state index is -0.557. The highest BCUT2D eigenvalue weighted by Crippen LogP contribution is 2.41. The molecule has 0 fully saturated rings. The molecule has 0 saturated carbocycles. The number of thiophene rings is 1. The van der Waals surface area contributed by atoms with Gasteiger partial charge in [0.2, 0.25) is 11.8 Å². The Labute approximate surface area is 207 Å². The first-order chi connectivity index (χ1) is 16.5. The fraction of sp³-hybridized carbons (Fsp3) is 0.269. The van der Waals surface area contributed by atoms with Crippen LogP contribution in [0.1, 0.15) is 51.4 Å². The number of methoxy groups -OCH3 is 1. The maximum Gasteiger partial charge on any atom is 0.341 e. The number of carbonyl (C=O) groups excluding carboxylic acids is 3. The van der Waals surface area contributed by atoms with Gasteiger partial charge in [-0.3, -0.25) is 9.59 Å². The predicted molar refractivity (Wildman–Crippen MR) is 137 cm³/mol. The number of ether oxygens (including phenoxy) is 1. The highest BCUT2D eigenvalue weighted by molar-refractivity contribution is 8.00. The standard InChI is InChI=1S/C26H26N2O4S2/c1-16(29)27-18-11-8-12-19(15-18)33-23(17-9-4-3-5-10-17)24(30)28-25-22(26(31)32-2)20-13-6-7-14-21(20)34-25/h3-5,8-12,15,23H,6-7,13-14H2,1-2H3,(H,27,29)(H,28,30). The van der Waals surface area contributed by atoms with E-state index in [2.05, 4.69) is 10.6 Å². The van der Waals surface area contributed by atoms with Crippen LogP contribution in [0.25, 0.3) is 0 Å². The normalized spacial score (nSPS) is 13.5. The Balaban J connectivity index is 1.65. The van der Waals surface area contributed by atoms with E-state index in [4.69, 9.17) is 4.74 Å². The lowest BCUT2D eigenvalue weighted by molar-refractivity contribution is -0.116. The molecule has 0 saturated heterocycles. The molecule has 2 aromatic carbocycles. The summed E-state index contributed by atoms with van der Waals surface area (Å²) in [6, 6.07) is 16.9. The number of rotatable bonds is 7. The number of esters is 1.